The Morgan fingerprint density at radius 2 is 1.92 bits per heavy atom. The Morgan fingerprint density at radius 3 is 2.64 bits per heavy atom. The first kappa shape index (κ1) is 17.0. The molecule has 0 unspecified atom stereocenters. The second kappa shape index (κ2) is 6.96. The van der Waals surface area contributed by atoms with Crippen LogP contribution in [0.4, 0.5) is 13.2 Å². The van der Waals surface area contributed by atoms with E-state index in [2.05, 4.69) is 14.9 Å². The second-order valence-corrected chi connectivity index (χ2v) is 5.61. The Hall–Kier alpha value is -2.83. The van der Waals surface area contributed by atoms with E-state index in [1.165, 1.54) is 0 Å². The fourth-order valence-corrected chi connectivity index (χ4v) is 2.58. The van der Waals surface area contributed by atoms with Crippen LogP contribution in [0.5, 0.6) is 0 Å². The molecule has 1 aromatic carbocycles. The van der Waals surface area contributed by atoms with Crippen molar-refractivity contribution in [3.63, 3.8) is 0 Å². The average molecular weight is 347 g/mol. The number of aromatic nitrogens is 2. The van der Waals surface area contributed by atoms with Crippen LogP contribution in [0, 0.1) is 0 Å². The number of rotatable bonds is 5. The zero-order valence-corrected chi connectivity index (χ0v) is 13.3. The lowest BCUT2D eigenvalue weighted by molar-refractivity contribution is -0.141. The number of pyridine rings is 1. The van der Waals surface area contributed by atoms with Crippen molar-refractivity contribution in [3.8, 4) is 0 Å². The van der Waals surface area contributed by atoms with E-state index in [0.717, 1.165) is 35.8 Å². The number of hydrogen-bond acceptors (Lipinski definition) is 2. The summed E-state index contributed by atoms with van der Waals surface area (Å²) < 4.78 is 39.4. The summed E-state index contributed by atoms with van der Waals surface area (Å²) in [7, 11) is 0. The maximum Gasteiger partial charge on any atom is 0.433 e. The van der Waals surface area contributed by atoms with Crippen LogP contribution >= 0.6 is 0 Å². The third-order valence-corrected chi connectivity index (χ3v) is 3.86. The Balaban J connectivity index is 1.51. The number of halogens is 3. The highest BCUT2D eigenvalue weighted by atomic mass is 19.4. The number of nitrogens with zero attached hydrogens (tertiary/aromatic N) is 2. The maximum absolute atomic E-state index is 12.4. The lowest BCUT2D eigenvalue weighted by atomic mass is 10.2. The molecule has 0 spiro atoms. The summed E-state index contributed by atoms with van der Waals surface area (Å²) in [4.78, 5) is 15.2. The van der Waals surface area contributed by atoms with Crippen LogP contribution < -0.4 is 5.32 Å². The first-order chi connectivity index (χ1) is 11.9. The molecule has 0 saturated heterocycles. The van der Waals surface area contributed by atoms with Crippen molar-refractivity contribution in [1.29, 1.82) is 0 Å². The molecule has 0 aliphatic carbocycles. The number of carbonyl (C=O) groups is 1. The predicted molar refractivity (Wildman–Crippen MR) is 88.1 cm³/mol. The normalized spacial score (nSPS) is 11.6. The summed E-state index contributed by atoms with van der Waals surface area (Å²) in [5.74, 6) is -0.432. The summed E-state index contributed by atoms with van der Waals surface area (Å²) >= 11 is 0. The van der Waals surface area contributed by atoms with E-state index in [9.17, 15) is 18.0 Å². The van der Waals surface area contributed by atoms with Crippen LogP contribution in [0.3, 0.4) is 0 Å². The zero-order valence-electron chi connectivity index (χ0n) is 13.3. The number of benzene rings is 1. The van der Waals surface area contributed by atoms with Crippen LogP contribution in [0.1, 0.15) is 22.5 Å². The number of hydrogen-bond donors (Lipinski definition) is 1. The fourth-order valence-electron chi connectivity index (χ4n) is 2.58. The fraction of sp³-hybridized carbons (Fsp3) is 0.222. The molecule has 1 amide bonds. The van der Waals surface area contributed by atoms with Crippen molar-refractivity contribution < 1.29 is 18.0 Å². The van der Waals surface area contributed by atoms with Gasteiger partial charge in [-0.05, 0) is 36.1 Å². The summed E-state index contributed by atoms with van der Waals surface area (Å²) in [6, 6.07) is 12.0. The van der Waals surface area contributed by atoms with Crippen molar-refractivity contribution in [2.24, 2.45) is 0 Å². The van der Waals surface area contributed by atoms with Gasteiger partial charge in [0, 0.05) is 31.0 Å². The molecule has 25 heavy (non-hydrogen) atoms. The lowest BCUT2D eigenvalue weighted by Crippen LogP contribution is -2.25. The first-order valence-corrected chi connectivity index (χ1v) is 7.80. The van der Waals surface area contributed by atoms with Gasteiger partial charge in [0.1, 0.15) is 5.69 Å². The highest BCUT2D eigenvalue weighted by Gasteiger charge is 2.32. The number of nitrogens with one attached hydrogen (secondary N) is 1. The highest BCUT2D eigenvalue weighted by Crippen LogP contribution is 2.27. The molecule has 0 saturated carbocycles. The lowest BCUT2D eigenvalue weighted by Gasteiger charge is -2.08. The van der Waals surface area contributed by atoms with E-state index in [1.54, 1.807) is 0 Å². The molecule has 0 bridgehead atoms. The minimum Gasteiger partial charge on any atom is -0.352 e. The molecule has 1 N–H and O–H groups in total. The molecular weight excluding hydrogens is 331 g/mol. The molecule has 3 aromatic rings. The Morgan fingerprint density at radius 1 is 1.12 bits per heavy atom. The predicted octanol–water partition coefficient (Wildman–Crippen LogP) is 3.88. The first-order valence-electron chi connectivity index (χ1n) is 7.80. The average Bonchev–Trinajstić information content (AvgIpc) is 3.01. The summed E-state index contributed by atoms with van der Waals surface area (Å²) in [5, 5.41) is 3.85. The van der Waals surface area contributed by atoms with E-state index >= 15 is 0 Å². The number of amides is 1. The number of alkyl halides is 3. The van der Waals surface area contributed by atoms with Gasteiger partial charge in [0.05, 0.1) is 5.56 Å². The molecule has 0 aliphatic rings. The van der Waals surface area contributed by atoms with Crippen LogP contribution in [0.2, 0.25) is 0 Å². The van der Waals surface area contributed by atoms with Gasteiger partial charge in [-0.1, -0.05) is 18.2 Å². The molecule has 7 heteroatoms. The van der Waals surface area contributed by atoms with E-state index in [1.807, 2.05) is 36.5 Å². The van der Waals surface area contributed by atoms with Gasteiger partial charge in [-0.2, -0.15) is 13.2 Å². The molecular formula is C18H16F3N3O. The summed E-state index contributed by atoms with van der Waals surface area (Å²) in [5.41, 5.74) is 0.226. The van der Waals surface area contributed by atoms with Gasteiger partial charge in [0.2, 0.25) is 0 Å². The van der Waals surface area contributed by atoms with E-state index in [-0.39, 0.29) is 5.56 Å². The van der Waals surface area contributed by atoms with Gasteiger partial charge in [-0.15, -0.1) is 0 Å². The van der Waals surface area contributed by atoms with Gasteiger partial charge in [-0.3, -0.25) is 9.78 Å². The van der Waals surface area contributed by atoms with E-state index in [4.69, 9.17) is 0 Å². The number of para-hydroxylation sites is 1. The SMILES string of the molecule is O=C(NCCCn1ccc2ccccc21)c1ccc(C(F)(F)F)nc1. The van der Waals surface area contributed by atoms with Crippen molar-refractivity contribution in [2.75, 3.05) is 6.54 Å². The molecule has 2 heterocycles. The number of fused-ring (bicyclic) bond motifs is 1. The van der Waals surface area contributed by atoms with Crippen molar-refractivity contribution in [3.05, 3.63) is 66.1 Å². The minimum atomic E-state index is -4.51. The van der Waals surface area contributed by atoms with Gasteiger partial charge in [-0.25, -0.2) is 0 Å². The topological polar surface area (TPSA) is 46.9 Å². The monoisotopic (exact) mass is 347 g/mol. The van der Waals surface area contributed by atoms with Crippen LogP contribution in [-0.2, 0) is 12.7 Å². The standard InChI is InChI=1S/C18H16F3N3O/c19-18(20,21)16-7-6-14(12-23-16)17(25)22-9-3-10-24-11-8-13-4-1-2-5-15(13)24/h1-2,4-8,11-12H,3,9-10H2,(H,22,25). The molecule has 4 nitrogen and oxygen atoms in total. The second-order valence-electron chi connectivity index (χ2n) is 5.61. The van der Waals surface area contributed by atoms with Crippen molar-refractivity contribution >= 4 is 16.8 Å². The smallest absolute Gasteiger partial charge is 0.352 e. The largest absolute Gasteiger partial charge is 0.433 e. The highest BCUT2D eigenvalue weighted by molar-refractivity contribution is 5.93. The van der Waals surface area contributed by atoms with Gasteiger partial charge in [0.25, 0.3) is 5.91 Å². The minimum absolute atomic E-state index is 0.111. The number of carbonyl (C=O) groups excluding carboxylic acids is 1. The van der Waals surface area contributed by atoms with Crippen LogP contribution in [0.15, 0.2) is 54.9 Å². The molecule has 130 valence electrons. The van der Waals surface area contributed by atoms with Crippen molar-refractivity contribution in [2.45, 2.75) is 19.1 Å². The van der Waals surface area contributed by atoms with Crippen LogP contribution in [-0.4, -0.2) is 22.0 Å². The van der Waals surface area contributed by atoms with Gasteiger partial charge in [0.15, 0.2) is 0 Å². The molecule has 2 aromatic heterocycles. The molecule has 0 radical (unpaired) electrons. The van der Waals surface area contributed by atoms with E-state index < -0.39 is 17.8 Å². The van der Waals surface area contributed by atoms with E-state index in [0.29, 0.717) is 13.0 Å². The molecule has 3 rings (SSSR count). The molecule has 0 atom stereocenters. The third kappa shape index (κ3) is 3.99. The number of aryl methyl sites for hydroxylation is 1. The van der Waals surface area contributed by atoms with Crippen LogP contribution in [0.25, 0.3) is 10.9 Å². The Bertz CT molecular complexity index is 869. The van der Waals surface area contributed by atoms with Gasteiger partial charge >= 0.3 is 6.18 Å². The van der Waals surface area contributed by atoms with Crippen molar-refractivity contribution in [1.82, 2.24) is 14.9 Å². The maximum atomic E-state index is 12.4. The Labute approximate surface area is 142 Å². The zero-order chi connectivity index (χ0) is 17.9. The quantitative estimate of drug-likeness (QED) is 0.712. The molecule has 0 fully saturated rings. The third-order valence-electron chi connectivity index (χ3n) is 3.86. The summed E-state index contributed by atoms with van der Waals surface area (Å²) in [6.07, 6.45) is -0.864. The molecule has 0 aliphatic heterocycles. The van der Waals surface area contributed by atoms with Gasteiger partial charge < -0.3 is 9.88 Å². The summed E-state index contributed by atoms with van der Waals surface area (Å²) in [6.45, 7) is 1.16. The Kier molecular flexibility index (Phi) is 4.74.